The number of amides is 1. The van der Waals surface area contributed by atoms with Gasteiger partial charge in [0.25, 0.3) is 0 Å². The summed E-state index contributed by atoms with van der Waals surface area (Å²) < 4.78 is 0. The number of nitrogens with zero attached hydrogens (tertiary/aromatic N) is 4. The van der Waals surface area contributed by atoms with Crippen molar-refractivity contribution < 1.29 is 4.79 Å². The molecule has 3 rings (SSSR count). The monoisotopic (exact) mass is 325 g/mol. The molecule has 0 spiro atoms. The van der Waals surface area contributed by atoms with E-state index in [1.165, 1.54) is 5.56 Å². The lowest BCUT2D eigenvalue weighted by atomic mass is 10.2. The zero-order chi connectivity index (χ0) is 16.9. The number of piperazine rings is 1. The molecule has 1 N–H and O–H groups in total. The summed E-state index contributed by atoms with van der Waals surface area (Å²) in [4.78, 5) is 25.3. The van der Waals surface area contributed by atoms with Gasteiger partial charge in [-0.15, -0.1) is 0 Å². The maximum absolute atomic E-state index is 12.5. The van der Waals surface area contributed by atoms with Crippen molar-refractivity contribution in [3.8, 4) is 0 Å². The zero-order valence-electron chi connectivity index (χ0n) is 14.1. The molecule has 1 aromatic heterocycles. The van der Waals surface area contributed by atoms with Crippen molar-refractivity contribution in [2.75, 3.05) is 36.4 Å². The summed E-state index contributed by atoms with van der Waals surface area (Å²) in [7, 11) is 0. The van der Waals surface area contributed by atoms with Crippen LogP contribution in [0.25, 0.3) is 0 Å². The van der Waals surface area contributed by atoms with Crippen molar-refractivity contribution in [3.05, 3.63) is 48.4 Å². The van der Waals surface area contributed by atoms with E-state index in [1.54, 1.807) is 18.6 Å². The molecule has 126 valence electrons. The molecule has 1 saturated heterocycles. The SMILES string of the molecule is Cc1ccc(NC(=O)C(C)N2CCN(c3cnccn3)CC2)cc1. The van der Waals surface area contributed by atoms with Gasteiger partial charge in [0.1, 0.15) is 5.82 Å². The van der Waals surface area contributed by atoms with Crippen LogP contribution in [0.4, 0.5) is 11.5 Å². The van der Waals surface area contributed by atoms with Crippen LogP contribution in [0.3, 0.4) is 0 Å². The fourth-order valence-electron chi connectivity index (χ4n) is 2.84. The van der Waals surface area contributed by atoms with Crippen LogP contribution in [0, 0.1) is 6.92 Å². The largest absolute Gasteiger partial charge is 0.353 e. The predicted octanol–water partition coefficient (Wildman–Crippen LogP) is 1.93. The van der Waals surface area contributed by atoms with Gasteiger partial charge in [-0.05, 0) is 26.0 Å². The van der Waals surface area contributed by atoms with Crippen LogP contribution in [-0.4, -0.2) is 53.0 Å². The average molecular weight is 325 g/mol. The van der Waals surface area contributed by atoms with Gasteiger partial charge in [0.2, 0.25) is 5.91 Å². The third-order valence-electron chi connectivity index (χ3n) is 4.43. The lowest BCUT2D eigenvalue weighted by molar-refractivity contribution is -0.120. The first-order chi connectivity index (χ1) is 11.6. The molecule has 1 amide bonds. The minimum atomic E-state index is -0.157. The fraction of sp³-hybridized carbons (Fsp3) is 0.389. The molecule has 6 heteroatoms. The van der Waals surface area contributed by atoms with E-state index >= 15 is 0 Å². The molecule has 1 aromatic carbocycles. The number of hydrogen-bond acceptors (Lipinski definition) is 5. The van der Waals surface area contributed by atoms with Crippen LogP contribution in [0.5, 0.6) is 0 Å². The minimum Gasteiger partial charge on any atom is -0.353 e. The number of carbonyl (C=O) groups excluding carboxylic acids is 1. The maximum atomic E-state index is 12.5. The van der Waals surface area contributed by atoms with Gasteiger partial charge < -0.3 is 10.2 Å². The van der Waals surface area contributed by atoms with E-state index in [4.69, 9.17) is 0 Å². The van der Waals surface area contributed by atoms with Gasteiger partial charge in [-0.3, -0.25) is 14.7 Å². The molecule has 0 bridgehead atoms. The Morgan fingerprint density at radius 2 is 1.83 bits per heavy atom. The predicted molar refractivity (Wildman–Crippen MR) is 95.1 cm³/mol. The van der Waals surface area contributed by atoms with Crippen LogP contribution in [-0.2, 0) is 4.79 Å². The number of hydrogen-bond donors (Lipinski definition) is 1. The Labute approximate surface area is 142 Å². The number of carbonyl (C=O) groups is 1. The lowest BCUT2D eigenvalue weighted by Gasteiger charge is -2.37. The first kappa shape index (κ1) is 16.4. The molecule has 6 nitrogen and oxygen atoms in total. The van der Waals surface area contributed by atoms with Gasteiger partial charge in [-0.25, -0.2) is 4.98 Å². The summed E-state index contributed by atoms with van der Waals surface area (Å²) in [6.07, 6.45) is 5.17. The molecule has 1 fully saturated rings. The van der Waals surface area contributed by atoms with Gasteiger partial charge in [0.15, 0.2) is 0 Å². The van der Waals surface area contributed by atoms with Gasteiger partial charge in [-0.2, -0.15) is 0 Å². The van der Waals surface area contributed by atoms with E-state index in [1.807, 2.05) is 38.1 Å². The summed E-state index contributed by atoms with van der Waals surface area (Å²) in [6.45, 7) is 7.35. The Morgan fingerprint density at radius 1 is 1.12 bits per heavy atom. The fourth-order valence-corrected chi connectivity index (χ4v) is 2.84. The van der Waals surface area contributed by atoms with Crippen LogP contribution in [0.2, 0.25) is 0 Å². The molecule has 1 aliphatic rings. The van der Waals surface area contributed by atoms with Crippen molar-refractivity contribution in [2.45, 2.75) is 19.9 Å². The highest BCUT2D eigenvalue weighted by atomic mass is 16.2. The van der Waals surface area contributed by atoms with Crippen molar-refractivity contribution in [1.29, 1.82) is 0 Å². The van der Waals surface area contributed by atoms with Gasteiger partial charge in [0.05, 0.1) is 12.2 Å². The molecule has 1 atom stereocenters. The highest BCUT2D eigenvalue weighted by Gasteiger charge is 2.26. The van der Waals surface area contributed by atoms with Crippen LogP contribution in [0.1, 0.15) is 12.5 Å². The molecular formula is C18H23N5O. The standard InChI is InChI=1S/C18H23N5O/c1-14-3-5-16(6-4-14)21-18(24)15(2)22-9-11-23(12-10-22)17-13-19-7-8-20-17/h3-8,13,15H,9-12H2,1-2H3,(H,21,24). The van der Waals surface area contributed by atoms with Gasteiger partial charge >= 0.3 is 0 Å². The first-order valence-electron chi connectivity index (χ1n) is 8.26. The smallest absolute Gasteiger partial charge is 0.241 e. The van der Waals surface area contributed by atoms with E-state index < -0.39 is 0 Å². The number of rotatable bonds is 4. The van der Waals surface area contributed by atoms with E-state index in [0.717, 1.165) is 37.7 Å². The second-order valence-corrected chi connectivity index (χ2v) is 6.12. The number of nitrogens with one attached hydrogen (secondary N) is 1. The Bertz CT molecular complexity index is 666. The summed E-state index contributed by atoms with van der Waals surface area (Å²) in [6, 6.07) is 7.72. The van der Waals surface area contributed by atoms with Crippen LogP contribution in [0.15, 0.2) is 42.9 Å². The molecular weight excluding hydrogens is 302 g/mol. The van der Waals surface area contributed by atoms with Crippen LogP contribution < -0.4 is 10.2 Å². The summed E-state index contributed by atoms with van der Waals surface area (Å²) >= 11 is 0. The normalized spacial score (nSPS) is 16.7. The van der Waals surface area contributed by atoms with Crippen LogP contribution >= 0.6 is 0 Å². The number of aromatic nitrogens is 2. The maximum Gasteiger partial charge on any atom is 0.241 e. The summed E-state index contributed by atoms with van der Waals surface area (Å²) in [5.74, 6) is 0.931. The molecule has 0 radical (unpaired) electrons. The molecule has 1 aliphatic heterocycles. The quantitative estimate of drug-likeness (QED) is 0.931. The van der Waals surface area contributed by atoms with Crippen molar-refractivity contribution >= 4 is 17.4 Å². The first-order valence-corrected chi connectivity index (χ1v) is 8.26. The second kappa shape index (κ2) is 7.40. The highest BCUT2D eigenvalue weighted by Crippen LogP contribution is 2.15. The topological polar surface area (TPSA) is 61.4 Å². The second-order valence-electron chi connectivity index (χ2n) is 6.12. The Morgan fingerprint density at radius 3 is 2.46 bits per heavy atom. The van der Waals surface area contributed by atoms with Crippen molar-refractivity contribution in [2.24, 2.45) is 0 Å². The number of benzene rings is 1. The average Bonchev–Trinajstić information content (AvgIpc) is 2.64. The minimum absolute atomic E-state index is 0.0341. The van der Waals surface area contributed by atoms with Crippen molar-refractivity contribution in [1.82, 2.24) is 14.9 Å². The van der Waals surface area contributed by atoms with Gasteiger partial charge in [0, 0.05) is 44.3 Å². The van der Waals surface area contributed by atoms with Crippen molar-refractivity contribution in [3.63, 3.8) is 0 Å². The molecule has 0 aliphatic carbocycles. The molecule has 24 heavy (non-hydrogen) atoms. The van der Waals surface area contributed by atoms with E-state index in [2.05, 4.69) is 25.1 Å². The lowest BCUT2D eigenvalue weighted by Crippen LogP contribution is -2.53. The Balaban J connectivity index is 1.53. The molecule has 2 aromatic rings. The number of aryl methyl sites for hydroxylation is 1. The summed E-state index contributed by atoms with van der Waals surface area (Å²) in [5.41, 5.74) is 2.02. The highest BCUT2D eigenvalue weighted by molar-refractivity contribution is 5.94. The van der Waals surface area contributed by atoms with E-state index in [-0.39, 0.29) is 11.9 Å². The van der Waals surface area contributed by atoms with E-state index in [0.29, 0.717) is 0 Å². The summed E-state index contributed by atoms with van der Waals surface area (Å²) in [5, 5.41) is 2.99. The number of anilines is 2. The Kier molecular flexibility index (Phi) is 5.05. The third kappa shape index (κ3) is 3.89. The zero-order valence-corrected chi connectivity index (χ0v) is 14.1. The molecule has 0 saturated carbocycles. The van der Waals surface area contributed by atoms with E-state index in [9.17, 15) is 4.79 Å². The third-order valence-corrected chi connectivity index (χ3v) is 4.43. The Hall–Kier alpha value is -2.47. The molecule has 2 heterocycles. The molecule has 1 unspecified atom stereocenters. The van der Waals surface area contributed by atoms with Gasteiger partial charge in [-0.1, -0.05) is 17.7 Å².